The molecule has 0 radical (unpaired) electrons. The van der Waals surface area contributed by atoms with E-state index < -0.39 is 30.6 Å². The second kappa shape index (κ2) is 4.12. The number of rotatable bonds is 3. The highest BCUT2D eigenvalue weighted by Crippen LogP contribution is 2.20. The zero-order valence-corrected chi connectivity index (χ0v) is 7.35. The molecule has 6 nitrogen and oxygen atoms in total. The second-order valence-corrected chi connectivity index (χ2v) is 3.08. The van der Waals surface area contributed by atoms with E-state index >= 15 is 0 Å². The summed E-state index contributed by atoms with van der Waals surface area (Å²) in [6.07, 6.45) is -1.36. The zero-order chi connectivity index (χ0) is 10.7. The van der Waals surface area contributed by atoms with Crippen molar-refractivity contribution in [2.75, 3.05) is 13.1 Å². The van der Waals surface area contributed by atoms with Crippen molar-refractivity contribution in [3.05, 3.63) is 4.91 Å². The number of likely N-dealkylation sites (tertiary alicyclic amines) is 1. The maximum absolute atomic E-state index is 12.9. The first-order valence-corrected chi connectivity index (χ1v) is 4.08. The maximum atomic E-state index is 12.9. The monoisotopic (exact) mass is 203 g/mol. The van der Waals surface area contributed by atoms with E-state index in [1.165, 1.54) is 0 Å². The fraction of sp³-hybridized carbons (Fsp3) is 0.714. The van der Waals surface area contributed by atoms with Crippen LogP contribution in [-0.2, 0) is 9.59 Å². The van der Waals surface area contributed by atoms with Crippen molar-refractivity contribution in [3.63, 3.8) is 0 Å². The Morgan fingerprint density at radius 3 is 2.71 bits per heavy atom. The quantitative estimate of drug-likeness (QED) is 0.607. The summed E-state index contributed by atoms with van der Waals surface area (Å²) in [6, 6.07) is -0.945. The molecule has 1 aliphatic rings. The first-order chi connectivity index (χ1) is 6.56. The molecule has 1 rings (SSSR count). The van der Waals surface area contributed by atoms with Crippen molar-refractivity contribution in [3.8, 4) is 0 Å². The zero-order valence-electron chi connectivity index (χ0n) is 7.35. The van der Waals surface area contributed by atoms with Crippen LogP contribution in [0, 0.1) is 4.91 Å². The minimum absolute atomic E-state index is 0.0973. The lowest BCUT2D eigenvalue weighted by Crippen LogP contribution is -2.44. The van der Waals surface area contributed by atoms with Crippen LogP contribution < -0.4 is 5.73 Å². The molecule has 1 heterocycles. The molecule has 78 valence electrons. The third-order valence-corrected chi connectivity index (χ3v) is 2.10. The Morgan fingerprint density at radius 2 is 2.21 bits per heavy atom. The van der Waals surface area contributed by atoms with Crippen LogP contribution in [0.15, 0.2) is 5.18 Å². The Balaban J connectivity index is 2.70. The molecule has 1 fully saturated rings. The maximum Gasteiger partial charge on any atom is 0.248 e. The van der Waals surface area contributed by atoms with Gasteiger partial charge in [0.25, 0.3) is 0 Å². The van der Waals surface area contributed by atoms with Crippen molar-refractivity contribution in [2.24, 2.45) is 10.9 Å². The lowest BCUT2D eigenvalue weighted by molar-refractivity contribution is -0.136. The Bertz CT molecular complexity index is 271. The normalized spacial score (nSPS) is 26.2. The molecule has 2 amide bonds. The first kappa shape index (κ1) is 10.6. The highest BCUT2D eigenvalue weighted by Gasteiger charge is 2.38. The third-order valence-electron chi connectivity index (χ3n) is 2.10. The van der Waals surface area contributed by atoms with Gasteiger partial charge in [-0.1, -0.05) is 5.18 Å². The van der Waals surface area contributed by atoms with Crippen molar-refractivity contribution in [2.45, 2.75) is 18.6 Å². The minimum Gasteiger partial charge on any atom is -0.368 e. The number of hydrogen-bond acceptors (Lipinski definition) is 4. The van der Waals surface area contributed by atoms with Crippen LogP contribution in [-0.4, -0.2) is 42.0 Å². The number of amides is 2. The number of carbonyl (C=O) groups excluding carboxylic acids is 2. The fourth-order valence-electron chi connectivity index (χ4n) is 1.48. The van der Waals surface area contributed by atoms with E-state index in [4.69, 9.17) is 5.73 Å². The number of nitrogens with zero attached hydrogens (tertiary/aromatic N) is 2. The standard InChI is InChI=1S/C7H10FN3O3/c8-4-1-5(7(9)13)11(3-4)6(12)2-10-14/h4-5H,1-3H2,(H2,9,13)/t4-,5-/m0/s1. The van der Waals surface area contributed by atoms with Gasteiger partial charge >= 0.3 is 0 Å². The number of carbonyl (C=O) groups is 2. The van der Waals surface area contributed by atoms with Crippen LogP contribution in [0.2, 0.25) is 0 Å². The molecular weight excluding hydrogens is 193 g/mol. The largest absolute Gasteiger partial charge is 0.368 e. The average molecular weight is 203 g/mol. The topological polar surface area (TPSA) is 92.8 Å². The van der Waals surface area contributed by atoms with Crippen molar-refractivity contribution >= 4 is 11.8 Å². The van der Waals surface area contributed by atoms with E-state index in [1.807, 2.05) is 0 Å². The molecule has 0 aromatic heterocycles. The van der Waals surface area contributed by atoms with E-state index in [-0.39, 0.29) is 13.0 Å². The molecule has 1 saturated heterocycles. The van der Waals surface area contributed by atoms with Crippen molar-refractivity contribution in [1.29, 1.82) is 0 Å². The number of hydrogen-bond donors (Lipinski definition) is 1. The summed E-state index contributed by atoms with van der Waals surface area (Å²) in [6.45, 7) is -0.779. The summed E-state index contributed by atoms with van der Waals surface area (Å²) >= 11 is 0. The average Bonchev–Trinajstić information content (AvgIpc) is 2.48. The van der Waals surface area contributed by atoms with Gasteiger partial charge in [-0.2, -0.15) is 4.91 Å². The molecule has 0 aromatic carbocycles. The highest BCUT2D eigenvalue weighted by molar-refractivity contribution is 5.88. The summed E-state index contributed by atoms with van der Waals surface area (Å²) in [5, 5.41) is 2.38. The van der Waals surface area contributed by atoms with Crippen LogP contribution >= 0.6 is 0 Å². The first-order valence-electron chi connectivity index (χ1n) is 4.08. The molecule has 0 spiro atoms. The smallest absolute Gasteiger partial charge is 0.248 e. The predicted octanol–water partition coefficient (Wildman–Crippen LogP) is -0.823. The van der Waals surface area contributed by atoms with E-state index in [9.17, 15) is 18.9 Å². The molecule has 0 bridgehead atoms. The number of alkyl halides is 1. The molecule has 2 N–H and O–H groups in total. The van der Waals surface area contributed by atoms with Crippen LogP contribution in [0.4, 0.5) is 4.39 Å². The minimum atomic E-state index is -1.26. The van der Waals surface area contributed by atoms with Crippen LogP contribution in [0.5, 0.6) is 0 Å². The SMILES string of the molecule is NC(=O)[C@@H]1C[C@H](F)CN1C(=O)CN=O. The van der Waals surface area contributed by atoms with Gasteiger partial charge in [0.1, 0.15) is 12.2 Å². The molecule has 1 aliphatic heterocycles. The lowest BCUT2D eigenvalue weighted by atomic mass is 10.2. The van der Waals surface area contributed by atoms with Crippen LogP contribution in [0.1, 0.15) is 6.42 Å². The number of primary amides is 1. The van der Waals surface area contributed by atoms with Gasteiger partial charge < -0.3 is 10.6 Å². The summed E-state index contributed by atoms with van der Waals surface area (Å²) in [7, 11) is 0. The Hall–Kier alpha value is -1.53. The van der Waals surface area contributed by atoms with Gasteiger partial charge in [-0.3, -0.25) is 9.59 Å². The summed E-state index contributed by atoms with van der Waals surface area (Å²) in [5.74, 6) is -1.42. The summed E-state index contributed by atoms with van der Waals surface area (Å²) in [5.41, 5.74) is 4.98. The lowest BCUT2D eigenvalue weighted by Gasteiger charge is -2.19. The summed E-state index contributed by atoms with van der Waals surface area (Å²) < 4.78 is 12.9. The molecule has 14 heavy (non-hydrogen) atoms. The molecular formula is C7H10FN3O3. The van der Waals surface area contributed by atoms with E-state index in [1.54, 1.807) is 0 Å². The predicted molar refractivity (Wildman–Crippen MR) is 44.9 cm³/mol. The van der Waals surface area contributed by atoms with E-state index in [2.05, 4.69) is 5.18 Å². The van der Waals surface area contributed by atoms with Gasteiger partial charge in [-0.25, -0.2) is 4.39 Å². The second-order valence-electron chi connectivity index (χ2n) is 3.08. The van der Waals surface area contributed by atoms with Gasteiger partial charge in [-0.15, -0.1) is 0 Å². The number of halogens is 1. The van der Waals surface area contributed by atoms with E-state index in [0.717, 1.165) is 4.90 Å². The van der Waals surface area contributed by atoms with Crippen molar-refractivity contribution < 1.29 is 14.0 Å². The Kier molecular flexibility index (Phi) is 3.10. The molecule has 0 aliphatic carbocycles. The summed E-state index contributed by atoms with van der Waals surface area (Å²) in [4.78, 5) is 32.8. The number of nitroso groups, excluding NO2 is 1. The third kappa shape index (κ3) is 2.04. The van der Waals surface area contributed by atoms with E-state index in [0.29, 0.717) is 0 Å². The van der Waals surface area contributed by atoms with Gasteiger partial charge in [0.15, 0.2) is 6.54 Å². The fourth-order valence-corrected chi connectivity index (χ4v) is 1.48. The van der Waals surface area contributed by atoms with Gasteiger partial charge in [0.2, 0.25) is 11.8 Å². The van der Waals surface area contributed by atoms with Crippen LogP contribution in [0.3, 0.4) is 0 Å². The molecule has 7 heteroatoms. The van der Waals surface area contributed by atoms with Gasteiger partial charge in [0, 0.05) is 6.42 Å². The molecule has 2 atom stereocenters. The molecule has 0 aromatic rings. The van der Waals surface area contributed by atoms with Gasteiger partial charge in [0.05, 0.1) is 6.54 Å². The van der Waals surface area contributed by atoms with Crippen LogP contribution in [0.25, 0.3) is 0 Å². The highest BCUT2D eigenvalue weighted by atomic mass is 19.1. The Labute approximate surface area is 79.2 Å². The molecule has 0 saturated carbocycles. The Morgan fingerprint density at radius 1 is 1.57 bits per heavy atom. The number of nitrogens with two attached hydrogens (primary N) is 1. The van der Waals surface area contributed by atoms with Gasteiger partial charge in [-0.05, 0) is 0 Å². The molecule has 0 unspecified atom stereocenters. The van der Waals surface area contributed by atoms with Crippen molar-refractivity contribution in [1.82, 2.24) is 4.90 Å².